The van der Waals surface area contributed by atoms with Crippen LogP contribution in [0.3, 0.4) is 0 Å². The van der Waals surface area contributed by atoms with Gasteiger partial charge in [-0.25, -0.2) is 0 Å². The first-order chi connectivity index (χ1) is 5.97. The van der Waals surface area contributed by atoms with E-state index < -0.39 is 25.4 Å². The molecule has 0 fully saturated rings. The molecule has 0 rings (SSSR count). The molecule has 0 aromatic carbocycles. The van der Waals surface area contributed by atoms with Crippen molar-refractivity contribution in [1.29, 1.82) is 0 Å². The molecule has 0 aliphatic carbocycles. The fourth-order valence-electron chi connectivity index (χ4n) is 1.22. The molecule has 14 heavy (non-hydrogen) atoms. The maximum Gasteiger partial charge on any atom is 0.476 e. The van der Waals surface area contributed by atoms with Crippen molar-refractivity contribution in [2.75, 3.05) is 7.11 Å². The van der Waals surface area contributed by atoms with E-state index in [0.29, 0.717) is 0 Å². The summed E-state index contributed by atoms with van der Waals surface area (Å²) >= 11 is 0. The molecule has 0 N–H and O–H groups in total. The molecule has 0 unspecified atom stereocenters. The highest BCUT2D eigenvalue weighted by Crippen LogP contribution is 2.20. The van der Waals surface area contributed by atoms with Gasteiger partial charge in [-0.2, -0.15) is 0 Å². The fourth-order valence-corrected chi connectivity index (χ4v) is 11.3. The second kappa shape index (κ2) is 4.58. The molecule has 0 saturated heterocycles. The third-order valence-corrected chi connectivity index (χ3v) is 9.96. The lowest BCUT2D eigenvalue weighted by atomic mass is 11.8. The fraction of sp³-hybridized carbons (Fsp3) is 1.00. The molecule has 0 spiro atoms. The molecular weight excluding hydrogens is 228 g/mol. The summed E-state index contributed by atoms with van der Waals surface area (Å²) in [7, 11) is -3.84. The Morgan fingerprint density at radius 1 is 0.643 bits per heavy atom. The maximum absolute atomic E-state index is 6.02. The van der Waals surface area contributed by atoms with Crippen molar-refractivity contribution in [1.82, 2.24) is 0 Å². The Balaban J connectivity index is 4.49. The highest BCUT2D eigenvalue weighted by Gasteiger charge is 2.41. The topological polar surface area (TPSA) is 27.7 Å². The quantitative estimate of drug-likeness (QED) is 0.704. The van der Waals surface area contributed by atoms with Gasteiger partial charge in [0.2, 0.25) is 0 Å². The molecule has 0 radical (unpaired) electrons. The normalized spacial score (nSPS) is 14.6. The van der Waals surface area contributed by atoms with Gasteiger partial charge in [0.05, 0.1) is 0 Å². The van der Waals surface area contributed by atoms with Gasteiger partial charge >= 0.3 is 8.80 Å². The number of hydrogen-bond acceptors (Lipinski definition) is 3. The minimum atomic E-state index is -2.37. The zero-order valence-electron chi connectivity index (χ0n) is 10.7. The predicted octanol–water partition coefficient (Wildman–Crippen LogP) is 2.90. The van der Waals surface area contributed by atoms with Crippen LogP contribution in [0.25, 0.3) is 0 Å². The van der Waals surface area contributed by atoms with E-state index in [1.54, 1.807) is 7.11 Å². The lowest BCUT2D eigenvalue weighted by Gasteiger charge is -2.36. The second-order valence-electron chi connectivity index (χ2n) is 5.50. The first-order valence-corrected chi connectivity index (χ1v) is 14.0. The van der Waals surface area contributed by atoms with Crippen LogP contribution in [0, 0.1) is 0 Å². The lowest BCUT2D eigenvalue weighted by Crippen LogP contribution is -2.54. The summed E-state index contributed by atoms with van der Waals surface area (Å²) in [6, 6.07) is 0. The minimum absolute atomic E-state index is 1.58. The summed E-state index contributed by atoms with van der Waals surface area (Å²) in [5, 5.41) is 0. The van der Waals surface area contributed by atoms with Crippen LogP contribution in [0.15, 0.2) is 0 Å². The molecular formula is C8H24O3Si3. The molecule has 0 aromatic heterocycles. The molecule has 0 aliphatic rings. The van der Waals surface area contributed by atoms with Gasteiger partial charge in [-0.3, -0.25) is 0 Å². The molecule has 0 bridgehead atoms. The van der Waals surface area contributed by atoms with Crippen molar-refractivity contribution < 1.29 is 12.7 Å². The average molecular weight is 253 g/mol. The van der Waals surface area contributed by atoms with Crippen LogP contribution in [0.1, 0.15) is 0 Å². The number of hydrogen-bond donors (Lipinski definition) is 0. The molecule has 0 aliphatic heterocycles. The van der Waals surface area contributed by atoms with Gasteiger partial charge in [0.1, 0.15) is 0 Å². The third kappa shape index (κ3) is 6.91. The number of rotatable bonds is 5. The summed E-state index contributed by atoms with van der Waals surface area (Å²) < 4.78 is 17.5. The van der Waals surface area contributed by atoms with Crippen molar-refractivity contribution in [2.45, 2.75) is 45.8 Å². The molecule has 3 nitrogen and oxygen atoms in total. The van der Waals surface area contributed by atoms with E-state index in [-0.39, 0.29) is 0 Å². The summed E-state index contributed by atoms with van der Waals surface area (Å²) in [6.45, 7) is 14.9. The monoisotopic (exact) mass is 252 g/mol. The van der Waals surface area contributed by atoms with Gasteiger partial charge in [0.25, 0.3) is 0 Å². The largest absolute Gasteiger partial charge is 0.476 e. The molecule has 0 amide bonds. The SMILES string of the molecule is CO[Si](C)(O[Si](C)(C)C)O[Si](C)(C)C. The Bertz CT molecular complexity index is 167. The van der Waals surface area contributed by atoms with Crippen molar-refractivity contribution in [3.63, 3.8) is 0 Å². The van der Waals surface area contributed by atoms with Crippen molar-refractivity contribution >= 4 is 25.4 Å². The summed E-state index contributed by atoms with van der Waals surface area (Å²) in [6.07, 6.45) is 0. The van der Waals surface area contributed by atoms with Gasteiger partial charge in [0.15, 0.2) is 16.6 Å². The van der Waals surface area contributed by atoms with Crippen LogP contribution in [0.2, 0.25) is 45.8 Å². The first-order valence-electron chi connectivity index (χ1n) is 4.93. The Morgan fingerprint density at radius 2 is 0.929 bits per heavy atom. The van der Waals surface area contributed by atoms with Crippen LogP contribution in [0.4, 0.5) is 0 Å². The molecule has 86 valence electrons. The molecule has 0 aromatic rings. The van der Waals surface area contributed by atoms with Gasteiger partial charge in [-0.1, -0.05) is 0 Å². The molecule has 0 atom stereocenters. The van der Waals surface area contributed by atoms with Crippen molar-refractivity contribution in [3.05, 3.63) is 0 Å². The lowest BCUT2D eigenvalue weighted by molar-refractivity contribution is 0.208. The van der Waals surface area contributed by atoms with Gasteiger partial charge in [0, 0.05) is 13.7 Å². The van der Waals surface area contributed by atoms with E-state index in [9.17, 15) is 0 Å². The van der Waals surface area contributed by atoms with E-state index >= 15 is 0 Å². The van der Waals surface area contributed by atoms with Crippen LogP contribution in [0.5, 0.6) is 0 Å². The second-order valence-corrected chi connectivity index (χ2v) is 17.7. The van der Waals surface area contributed by atoms with Crippen molar-refractivity contribution in [2.24, 2.45) is 0 Å². The van der Waals surface area contributed by atoms with Crippen LogP contribution < -0.4 is 0 Å². The molecule has 6 heteroatoms. The van der Waals surface area contributed by atoms with E-state index in [1.165, 1.54) is 0 Å². The summed E-state index contributed by atoms with van der Waals surface area (Å²) in [4.78, 5) is 0. The molecule has 0 heterocycles. The third-order valence-electron chi connectivity index (χ3n) is 1.35. The van der Waals surface area contributed by atoms with E-state index in [2.05, 4.69) is 39.3 Å². The van der Waals surface area contributed by atoms with Gasteiger partial charge in [-0.05, 0) is 39.3 Å². The zero-order chi connectivity index (χ0) is 11.6. The molecule has 0 saturated carbocycles. The van der Waals surface area contributed by atoms with Crippen molar-refractivity contribution in [3.8, 4) is 0 Å². The Morgan fingerprint density at radius 3 is 1.07 bits per heavy atom. The van der Waals surface area contributed by atoms with Gasteiger partial charge in [-0.15, -0.1) is 0 Å². The first kappa shape index (κ1) is 14.5. The average Bonchev–Trinajstić information content (AvgIpc) is 1.78. The minimum Gasteiger partial charge on any atom is -0.417 e. The standard InChI is InChI=1S/C8H24O3Si3/c1-9-14(8,10-12(2,3)4)11-13(5,6)7/h1-8H3. The van der Waals surface area contributed by atoms with Crippen LogP contribution in [-0.2, 0) is 12.7 Å². The Kier molecular flexibility index (Phi) is 4.76. The Labute approximate surface area is 91.4 Å². The van der Waals surface area contributed by atoms with E-state index in [1.807, 2.05) is 6.55 Å². The van der Waals surface area contributed by atoms with E-state index in [4.69, 9.17) is 12.7 Å². The van der Waals surface area contributed by atoms with Crippen LogP contribution in [-0.4, -0.2) is 32.5 Å². The summed E-state index contributed by atoms with van der Waals surface area (Å²) in [5.41, 5.74) is 0. The maximum atomic E-state index is 6.02. The smallest absolute Gasteiger partial charge is 0.417 e. The Hall–Kier alpha value is 0.531. The summed E-state index contributed by atoms with van der Waals surface area (Å²) in [5.74, 6) is 0. The predicted molar refractivity (Wildman–Crippen MR) is 67.5 cm³/mol. The van der Waals surface area contributed by atoms with E-state index in [0.717, 1.165) is 0 Å². The zero-order valence-corrected chi connectivity index (χ0v) is 13.7. The highest BCUT2D eigenvalue weighted by atomic mass is 28.5. The van der Waals surface area contributed by atoms with Crippen LogP contribution >= 0.6 is 0 Å². The van der Waals surface area contributed by atoms with Gasteiger partial charge < -0.3 is 12.7 Å². The highest BCUT2D eigenvalue weighted by molar-refractivity contribution is 6.85.